The lowest BCUT2D eigenvalue weighted by atomic mass is 9.82. The lowest BCUT2D eigenvalue weighted by molar-refractivity contribution is -0.152. The summed E-state index contributed by atoms with van der Waals surface area (Å²) in [6.07, 6.45) is 31.7. The van der Waals surface area contributed by atoms with Crippen molar-refractivity contribution in [1.82, 2.24) is 0 Å². The van der Waals surface area contributed by atoms with Crippen LogP contribution in [0.5, 0.6) is 0 Å². The molecule has 0 amide bonds. The van der Waals surface area contributed by atoms with E-state index in [9.17, 15) is 4.79 Å². The monoisotopic (exact) mass is 500 g/mol. The van der Waals surface area contributed by atoms with E-state index in [0.29, 0.717) is 25.6 Å². The molecule has 2 heterocycles. The Morgan fingerprint density at radius 2 is 1.69 bits per heavy atom. The maximum atomic E-state index is 12.3. The predicted molar refractivity (Wildman–Crippen MR) is 148 cm³/mol. The quantitative estimate of drug-likeness (QED) is 0.0820. The number of unbranched alkanes of at least 4 members (excludes halogenated alkanes) is 11. The molecule has 1 saturated heterocycles. The maximum Gasteiger partial charge on any atom is 0.305 e. The molecule has 1 fully saturated rings. The molecule has 0 aromatic carbocycles. The average molecular weight is 501 g/mol. The minimum Gasteiger partial charge on any atom is -0.463 e. The van der Waals surface area contributed by atoms with Crippen molar-refractivity contribution < 1.29 is 19.0 Å². The molecular weight excluding hydrogens is 448 g/mol. The Morgan fingerprint density at radius 1 is 1.03 bits per heavy atom. The van der Waals surface area contributed by atoms with Crippen molar-refractivity contribution in [2.45, 2.75) is 141 Å². The van der Waals surface area contributed by atoms with Gasteiger partial charge in [-0.3, -0.25) is 4.79 Å². The van der Waals surface area contributed by atoms with Gasteiger partial charge in [0, 0.05) is 12.3 Å². The fraction of sp³-hybridized carbons (Fsp3) is 0.781. The van der Waals surface area contributed by atoms with Crippen molar-refractivity contribution in [1.29, 1.82) is 0 Å². The third kappa shape index (κ3) is 10.2. The van der Waals surface area contributed by atoms with Crippen molar-refractivity contribution in [2.24, 2.45) is 5.92 Å². The van der Waals surface area contributed by atoms with E-state index in [2.05, 4.69) is 44.2 Å². The topological polar surface area (TPSA) is 48.1 Å². The molecular formula is C32H52O4. The molecule has 0 aromatic heterocycles. The molecule has 2 aliphatic heterocycles. The molecule has 0 saturated carbocycles. The van der Waals surface area contributed by atoms with Crippen LogP contribution in [-0.4, -0.2) is 37.0 Å². The molecule has 1 unspecified atom stereocenters. The molecule has 3 rings (SSSR count). The molecule has 4 atom stereocenters. The van der Waals surface area contributed by atoms with E-state index in [-0.39, 0.29) is 23.8 Å². The van der Waals surface area contributed by atoms with Crippen molar-refractivity contribution in [3.63, 3.8) is 0 Å². The highest BCUT2D eigenvalue weighted by Crippen LogP contribution is 2.41. The van der Waals surface area contributed by atoms with Gasteiger partial charge in [-0.15, -0.1) is 0 Å². The zero-order valence-corrected chi connectivity index (χ0v) is 23.2. The van der Waals surface area contributed by atoms with E-state index in [1.54, 1.807) is 0 Å². The molecule has 1 aliphatic carbocycles. The summed E-state index contributed by atoms with van der Waals surface area (Å²) in [6.45, 7) is 5.43. The van der Waals surface area contributed by atoms with Crippen LogP contribution in [0.1, 0.15) is 123 Å². The molecule has 0 aromatic rings. The highest BCUT2D eigenvalue weighted by Gasteiger charge is 2.54. The van der Waals surface area contributed by atoms with Gasteiger partial charge in [-0.2, -0.15) is 0 Å². The maximum absolute atomic E-state index is 12.3. The number of hydrogen-bond acceptors (Lipinski definition) is 4. The fourth-order valence-corrected chi connectivity index (χ4v) is 5.54. The second-order valence-corrected chi connectivity index (χ2v) is 11.2. The standard InChI is InChI=1S/C32H52O4/c1-3-4-5-6-7-8-9-10-11-12-13-14-15-16-17-22-31(33)34-25-30-32(26-35-32)24-23-29(36-30)28-21-19-18-20-27(28)2/h10-11,20,23-24,28-30H,3-9,12-19,21-22,25-26H2,1-2H3/b11-10-/t28?,29-,30+,32+/m0/s1. The normalized spacial score (nSPS) is 27.5. The summed E-state index contributed by atoms with van der Waals surface area (Å²) in [5.74, 6) is 0.326. The number of allylic oxidation sites excluding steroid dienone is 3. The number of carbonyl (C=O) groups excluding carboxylic acids is 1. The second kappa shape index (κ2) is 16.5. The van der Waals surface area contributed by atoms with Gasteiger partial charge in [-0.05, 0) is 64.4 Å². The van der Waals surface area contributed by atoms with Crippen LogP contribution in [0.3, 0.4) is 0 Å². The fourth-order valence-electron chi connectivity index (χ4n) is 5.54. The number of ether oxygens (including phenoxy) is 3. The van der Waals surface area contributed by atoms with E-state index in [1.807, 2.05) is 0 Å². The number of esters is 1. The lowest BCUT2D eigenvalue weighted by Gasteiger charge is -2.36. The Labute approximate surface area is 220 Å². The van der Waals surface area contributed by atoms with E-state index in [4.69, 9.17) is 14.2 Å². The smallest absolute Gasteiger partial charge is 0.305 e. The third-order valence-corrected chi connectivity index (χ3v) is 8.12. The van der Waals surface area contributed by atoms with Crippen LogP contribution in [0.15, 0.2) is 36.0 Å². The van der Waals surface area contributed by atoms with Gasteiger partial charge in [-0.1, -0.05) is 88.2 Å². The first kappa shape index (κ1) is 29.2. The van der Waals surface area contributed by atoms with Gasteiger partial charge in [0.05, 0.1) is 12.7 Å². The summed E-state index contributed by atoms with van der Waals surface area (Å²) in [5, 5.41) is 0. The first-order chi connectivity index (χ1) is 17.6. The van der Waals surface area contributed by atoms with Gasteiger partial charge in [-0.25, -0.2) is 0 Å². The molecule has 0 radical (unpaired) electrons. The summed E-state index contributed by atoms with van der Waals surface area (Å²) >= 11 is 0. The van der Waals surface area contributed by atoms with E-state index >= 15 is 0 Å². The Hall–Kier alpha value is -1.39. The van der Waals surface area contributed by atoms with Gasteiger partial charge in [0.2, 0.25) is 0 Å². The highest BCUT2D eigenvalue weighted by atomic mass is 16.6. The van der Waals surface area contributed by atoms with Crippen molar-refractivity contribution >= 4 is 5.97 Å². The Balaban J connectivity index is 1.19. The summed E-state index contributed by atoms with van der Waals surface area (Å²) in [6, 6.07) is 0. The van der Waals surface area contributed by atoms with Gasteiger partial charge in [0.15, 0.2) is 0 Å². The van der Waals surface area contributed by atoms with E-state index in [1.165, 1.54) is 89.0 Å². The summed E-state index contributed by atoms with van der Waals surface area (Å²) in [7, 11) is 0. The average Bonchev–Trinajstić information content (AvgIpc) is 3.66. The Bertz CT molecular complexity index is 718. The van der Waals surface area contributed by atoms with E-state index < -0.39 is 0 Å². The number of rotatable bonds is 18. The predicted octanol–water partition coefficient (Wildman–Crippen LogP) is 8.41. The van der Waals surface area contributed by atoms with E-state index in [0.717, 1.165) is 19.3 Å². The van der Waals surface area contributed by atoms with Gasteiger partial charge >= 0.3 is 5.97 Å². The SMILES string of the molecule is CCCCCCCC/C=C\CCCCCCCC(=O)OC[C@H]1O[C@H](C2CCCC=C2C)C=C[C@@]12CO2. The van der Waals surface area contributed by atoms with Crippen LogP contribution in [0.25, 0.3) is 0 Å². The van der Waals surface area contributed by atoms with Gasteiger partial charge in [0.1, 0.15) is 18.3 Å². The largest absolute Gasteiger partial charge is 0.463 e. The Kier molecular flexibility index (Phi) is 13.3. The number of carbonyl (C=O) groups is 1. The van der Waals surface area contributed by atoms with Crippen LogP contribution in [-0.2, 0) is 19.0 Å². The van der Waals surface area contributed by atoms with Crippen molar-refractivity contribution in [3.8, 4) is 0 Å². The molecule has 4 heteroatoms. The summed E-state index contributed by atoms with van der Waals surface area (Å²) < 4.78 is 17.8. The molecule has 36 heavy (non-hydrogen) atoms. The van der Waals surface area contributed by atoms with Gasteiger partial charge in [0.25, 0.3) is 0 Å². The number of hydrogen-bond donors (Lipinski definition) is 0. The highest BCUT2D eigenvalue weighted by molar-refractivity contribution is 5.69. The summed E-state index contributed by atoms with van der Waals surface area (Å²) in [4.78, 5) is 12.3. The van der Waals surface area contributed by atoms with Crippen LogP contribution in [0.2, 0.25) is 0 Å². The molecule has 1 spiro atoms. The van der Waals surface area contributed by atoms with Crippen LogP contribution in [0.4, 0.5) is 0 Å². The number of epoxide rings is 1. The first-order valence-corrected chi connectivity index (χ1v) is 15.1. The van der Waals surface area contributed by atoms with Crippen LogP contribution >= 0.6 is 0 Å². The van der Waals surface area contributed by atoms with Gasteiger partial charge < -0.3 is 14.2 Å². The minimum absolute atomic E-state index is 0.0606. The zero-order chi connectivity index (χ0) is 25.5. The molecule has 0 N–H and O–H groups in total. The minimum atomic E-state index is -0.369. The molecule has 204 valence electrons. The molecule has 0 bridgehead atoms. The van der Waals surface area contributed by atoms with Crippen molar-refractivity contribution in [2.75, 3.05) is 13.2 Å². The van der Waals surface area contributed by atoms with Crippen LogP contribution in [0, 0.1) is 5.92 Å². The lowest BCUT2D eigenvalue weighted by Crippen LogP contribution is -2.44. The Morgan fingerprint density at radius 3 is 2.36 bits per heavy atom. The molecule has 4 nitrogen and oxygen atoms in total. The zero-order valence-electron chi connectivity index (χ0n) is 23.2. The second-order valence-electron chi connectivity index (χ2n) is 11.2. The van der Waals surface area contributed by atoms with Crippen molar-refractivity contribution in [3.05, 3.63) is 36.0 Å². The van der Waals surface area contributed by atoms with Crippen LogP contribution < -0.4 is 0 Å². The summed E-state index contributed by atoms with van der Waals surface area (Å²) in [5.41, 5.74) is 1.05. The molecule has 3 aliphatic rings. The third-order valence-electron chi connectivity index (χ3n) is 8.12. The first-order valence-electron chi connectivity index (χ1n) is 15.1.